The van der Waals surface area contributed by atoms with E-state index in [1.54, 1.807) is 0 Å². The van der Waals surface area contributed by atoms with Crippen LogP contribution >= 0.6 is 0 Å². The molecule has 0 bridgehead atoms. The first-order valence-corrected chi connectivity index (χ1v) is 8.66. The van der Waals surface area contributed by atoms with E-state index >= 15 is 0 Å². The van der Waals surface area contributed by atoms with Crippen molar-refractivity contribution in [3.63, 3.8) is 0 Å². The Labute approximate surface area is 132 Å². The molecule has 0 radical (unpaired) electrons. The molecule has 0 aliphatic carbocycles. The Morgan fingerprint density at radius 1 is 1.24 bits per heavy atom. The van der Waals surface area contributed by atoms with E-state index in [-0.39, 0.29) is 5.60 Å². The minimum absolute atomic E-state index is 0.0265. The highest BCUT2D eigenvalue weighted by atomic mass is 16.5. The lowest BCUT2D eigenvalue weighted by Gasteiger charge is -2.29. The van der Waals surface area contributed by atoms with E-state index in [4.69, 9.17) is 4.74 Å². The van der Waals surface area contributed by atoms with E-state index in [1.807, 2.05) is 7.11 Å². The zero-order chi connectivity index (χ0) is 15.7. The van der Waals surface area contributed by atoms with E-state index in [0.717, 1.165) is 32.0 Å². The highest BCUT2D eigenvalue weighted by molar-refractivity contribution is 4.74. The molecule has 21 heavy (non-hydrogen) atoms. The van der Waals surface area contributed by atoms with Gasteiger partial charge in [0.1, 0.15) is 0 Å². The van der Waals surface area contributed by atoms with Crippen LogP contribution in [0.3, 0.4) is 0 Å². The van der Waals surface area contributed by atoms with Gasteiger partial charge < -0.3 is 15.4 Å². The van der Waals surface area contributed by atoms with Gasteiger partial charge in [0, 0.05) is 52.4 Å². The summed E-state index contributed by atoms with van der Waals surface area (Å²) in [6, 6.07) is 0.596. The average molecular weight is 300 g/mol. The summed E-state index contributed by atoms with van der Waals surface area (Å²) in [5, 5.41) is 7.10. The standard InChI is InChI=1S/C17H37N3O/c1-15(7-6-8-17(3,4)21-5)16(2)19-11-14-20-12-9-18-10-13-20/h15-16,18-19H,6-14H2,1-5H3/t15-,16-/m0/s1. The Morgan fingerprint density at radius 3 is 2.52 bits per heavy atom. The number of piperazine rings is 1. The topological polar surface area (TPSA) is 36.5 Å². The Kier molecular flexibility index (Phi) is 8.79. The molecule has 0 amide bonds. The number of hydrogen-bond donors (Lipinski definition) is 2. The second kappa shape index (κ2) is 9.78. The third-order valence-corrected chi connectivity index (χ3v) is 4.95. The number of ether oxygens (including phenoxy) is 1. The van der Waals surface area contributed by atoms with Crippen molar-refractivity contribution in [2.75, 3.05) is 46.4 Å². The molecule has 1 heterocycles. The second-order valence-electron chi connectivity index (χ2n) is 7.17. The molecule has 0 unspecified atom stereocenters. The second-order valence-corrected chi connectivity index (χ2v) is 7.17. The molecule has 0 aromatic rings. The highest BCUT2D eigenvalue weighted by Crippen LogP contribution is 2.20. The normalized spacial score (nSPS) is 20.4. The van der Waals surface area contributed by atoms with Crippen LogP contribution in [0.1, 0.15) is 47.0 Å². The minimum Gasteiger partial charge on any atom is -0.379 e. The molecule has 1 saturated heterocycles. The smallest absolute Gasteiger partial charge is 0.0622 e. The maximum atomic E-state index is 5.49. The fourth-order valence-corrected chi connectivity index (χ4v) is 2.79. The van der Waals surface area contributed by atoms with E-state index < -0.39 is 0 Å². The number of methoxy groups -OCH3 is 1. The number of nitrogens with zero attached hydrogens (tertiary/aromatic N) is 1. The summed E-state index contributed by atoms with van der Waals surface area (Å²) in [4.78, 5) is 2.54. The Hall–Kier alpha value is -0.160. The van der Waals surface area contributed by atoms with E-state index in [2.05, 4.69) is 43.2 Å². The largest absolute Gasteiger partial charge is 0.379 e. The molecule has 126 valence electrons. The van der Waals surface area contributed by atoms with E-state index in [9.17, 15) is 0 Å². The van der Waals surface area contributed by atoms with Crippen LogP contribution in [-0.2, 0) is 4.74 Å². The van der Waals surface area contributed by atoms with Crippen molar-refractivity contribution in [1.29, 1.82) is 0 Å². The van der Waals surface area contributed by atoms with Gasteiger partial charge in [-0.15, -0.1) is 0 Å². The quantitative estimate of drug-likeness (QED) is 0.648. The summed E-state index contributed by atoms with van der Waals surface area (Å²) < 4.78 is 5.49. The Balaban J connectivity index is 2.08. The van der Waals surface area contributed by atoms with Crippen molar-refractivity contribution < 1.29 is 4.74 Å². The first kappa shape index (κ1) is 18.9. The summed E-state index contributed by atoms with van der Waals surface area (Å²) >= 11 is 0. The van der Waals surface area contributed by atoms with Crippen molar-refractivity contribution in [3.8, 4) is 0 Å². The summed E-state index contributed by atoms with van der Waals surface area (Å²) in [5.41, 5.74) is 0.0265. The van der Waals surface area contributed by atoms with Gasteiger partial charge in [-0.3, -0.25) is 4.90 Å². The molecule has 4 nitrogen and oxygen atoms in total. The molecular formula is C17H37N3O. The predicted molar refractivity (Wildman–Crippen MR) is 90.9 cm³/mol. The summed E-state index contributed by atoms with van der Waals surface area (Å²) in [7, 11) is 1.81. The molecular weight excluding hydrogens is 262 g/mol. The molecule has 0 spiro atoms. The average Bonchev–Trinajstić information content (AvgIpc) is 2.48. The maximum absolute atomic E-state index is 5.49. The Bertz CT molecular complexity index is 265. The van der Waals surface area contributed by atoms with E-state index in [1.165, 1.54) is 32.5 Å². The molecule has 0 aromatic carbocycles. The van der Waals surface area contributed by atoms with Gasteiger partial charge in [-0.25, -0.2) is 0 Å². The zero-order valence-electron chi connectivity index (χ0n) is 14.9. The van der Waals surface area contributed by atoms with Gasteiger partial charge in [0.2, 0.25) is 0 Å². The first-order chi connectivity index (χ1) is 9.94. The van der Waals surface area contributed by atoms with Gasteiger partial charge in [-0.05, 0) is 39.5 Å². The van der Waals surface area contributed by atoms with Gasteiger partial charge in [0.05, 0.1) is 5.60 Å². The molecule has 1 aliphatic heterocycles. The summed E-state index contributed by atoms with van der Waals surface area (Å²) in [6.45, 7) is 16.0. The van der Waals surface area contributed by atoms with Gasteiger partial charge in [0.15, 0.2) is 0 Å². The van der Waals surface area contributed by atoms with Crippen molar-refractivity contribution in [3.05, 3.63) is 0 Å². The van der Waals surface area contributed by atoms with Crippen molar-refractivity contribution in [2.45, 2.75) is 58.6 Å². The van der Waals surface area contributed by atoms with Crippen molar-refractivity contribution in [2.24, 2.45) is 5.92 Å². The molecule has 2 atom stereocenters. The number of hydrogen-bond acceptors (Lipinski definition) is 4. The molecule has 0 aromatic heterocycles. The van der Waals surface area contributed by atoms with Crippen LogP contribution in [0.5, 0.6) is 0 Å². The summed E-state index contributed by atoms with van der Waals surface area (Å²) in [5.74, 6) is 0.723. The maximum Gasteiger partial charge on any atom is 0.0622 e. The van der Waals surface area contributed by atoms with Crippen LogP contribution in [0.25, 0.3) is 0 Å². The predicted octanol–water partition coefficient (Wildman–Crippen LogP) is 2.10. The lowest BCUT2D eigenvalue weighted by Crippen LogP contribution is -2.47. The fraction of sp³-hybridized carbons (Fsp3) is 1.00. The van der Waals surface area contributed by atoms with Crippen LogP contribution in [0.4, 0.5) is 0 Å². The van der Waals surface area contributed by atoms with Crippen molar-refractivity contribution >= 4 is 0 Å². The first-order valence-electron chi connectivity index (χ1n) is 8.66. The van der Waals surface area contributed by atoms with Crippen LogP contribution < -0.4 is 10.6 Å². The zero-order valence-corrected chi connectivity index (χ0v) is 14.9. The van der Waals surface area contributed by atoms with E-state index in [0.29, 0.717) is 6.04 Å². The fourth-order valence-electron chi connectivity index (χ4n) is 2.79. The van der Waals surface area contributed by atoms with Gasteiger partial charge in [0.25, 0.3) is 0 Å². The molecule has 1 fully saturated rings. The molecule has 0 saturated carbocycles. The lowest BCUT2D eigenvalue weighted by molar-refractivity contribution is 0.0125. The van der Waals surface area contributed by atoms with Gasteiger partial charge in [-0.2, -0.15) is 0 Å². The highest BCUT2D eigenvalue weighted by Gasteiger charge is 2.18. The minimum atomic E-state index is 0.0265. The SMILES string of the molecule is COC(C)(C)CCC[C@H](C)[C@H](C)NCCN1CCNCC1. The molecule has 1 aliphatic rings. The van der Waals surface area contributed by atoms with Gasteiger partial charge >= 0.3 is 0 Å². The van der Waals surface area contributed by atoms with Crippen LogP contribution in [0, 0.1) is 5.92 Å². The van der Waals surface area contributed by atoms with Crippen LogP contribution in [-0.4, -0.2) is 62.9 Å². The summed E-state index contributed by atoms with van der Waals surface area (Å²) in [6.07, 6.45) is 3.65. The van der Waals surface area contributed by atoms with Gasteiger partial charge in [-0.1, -0.05) is 13.3 Å². The molecule has 2 N–H and O–H groups in total. The number of rotatable bonds is 10. The molecule has 4 heteroatoms. The third kappa shape index (κ3) is 8.15. The van der Waals surface area contributed by atoms with Crippen LogP contribution in [0.15, 0.2) is 0 Å². The monoisotopic (exact) mass is 299 g/mol. The third-order valence-electron chi connectivity index (χ3n) is 4.95. The Morgan fingerprint density at radius 2 is 1.90 bits per heavy atom. The van der Waals surface area contributed by atoms with Crippen molar-refractivity contribution in [1.82, 2.24) is 15.5 Å². The van der Waals surface area contributed by atoms with Crippen LogP contribution in [0.2, 0.25) is 0 Å². The number of nitrogens with one attached hydrogen (secondary N) is 2. The lowest BCUT2D eigenvalue weighted by atomic mass is 9.93. The molecule has 1 rings (SSSR count).